The van der Waals surface area contributed by atoms with Gasteiger partial charge in [-0.2, -0.15) is 8.42 Å². The van der Waals surface area contributed by atoms with E-state index in [1.807, 2.05) is 12.1 Å². The van der Waals surface area contributed by atoms with Gasteiger partial charge >= 0.3 is 10.3 Å². The van der Waals surface area contributed by atoms with Crippen LogP contribution in [0.4, 0.5) is 5.69 Å². The second-order valence-electron chi connectivity index (χ2n) is 9.37. The van der Waals surface area contributed by atoms with E-state index >= 15 is 0 Å². The highest BCUT2D eigenvalue weighted by molar-refractivity contribution is 7.87. The summed E-state index contributed by atoms with van der Waals surface area (Å²) in [6.07, 6.45) is 11.7. The predicted octanol–water partition coefficient (Wildman–Crippen LogP) is 5.56. The molecular weight excluding hydrogens is 358 g/mol. The van der Waals surface area contributed by atoms with Crippen molar-refractivity contribution in [2.24, 2.45) is 23.2 Å². The second-order valence-corrected chi connectivity index (χ2v) is 10.5. The van der Waals surface area contributed by atoms with Crippen LogP contribution in [-0.4, -0.2) is 13.0 Å². The molecule has 0 saturated heterocycles. The Morgan fingerprint density at radius 3 is 2.78 bits per heavy atom. The van der Waals surface area contributed by atoms with Crippen LogP contribution in [-0.2, 0) is 16.7 Å². The van der Waals surface area contributed by atoms with Gasteiger partial charge in [0, 0.05) is 0 Å². The number of hydrogen-bond donors (Lipinski definition) is 2. The molecule has 0 radical (unpaired) electrons. The van der Waals surface area contributed by atoms with Gasteiger partial charge in [0.15, 0.2) is 0 Å². The number of fused-ring (bicyclic) bond motifs is 5. The first-order valence-electron chi connectivity index (χ1n) is 10.7. The average Bonchev–Trinajstić information content (AvgIpc) is 2.94. The number of rotatable bonds is 5. The first-order chi connectivity index (χ1) is 12.8. The van der Waals surface area contributed by atoms with Gasteiger partial charge in [-0.1, -0.05) is 32.8 Å². The minimum absolute atomic E-state index is 0.468. The van der Waals surface area contributed by atoms with E-state index in [4.69, 9.17) is 4.55 Å². The number of benzene rings is 1. The third-order valence-corrected chi connectivity index (χ3v) is 8.57. The molecule has 0 aliphatic heterocycles. The van der Waals surface area contributed by atoms with Gasteiger partial charge in [-0.3, -0.25) is 9.27 Å². The van der Waals surface area contributed by atoms with E-state index in [1.165, 1.54) is 62.5 Å². The molecule has 27 heavy (non-hydrogen) atoms. The normalized spacial score (nSPS) is 35.2. The topological polar surface area (TPSA) is 66.4 Å². The maximum absolute atomic E-state index is 11.1. The summed E-state index contributed by atoms with van der Waals surface area (Å²) in [5, 5.41) is 0. The molecule has 4 nitrogen and oxygen atoms in total. The lowest BCUT2D eigenvalue weighted by atomic mass is 9.54. The summed E-state index contributed by atoms with van der Waals surface area (Å²) in [6.45, 7) is 4.88. The molecular formula is C22H33NO3S. The molecule has 4 rings (SSSR count). The molecule has 3 aliphatic carbocycles. The van der Waals surface area contributed by atoms with Gasteiger partial charge in [0.05, 0.1) is 5.69 Å². The van der Waals surface area contributed by atoms with E-state index in [0.717, 1.165) is 24.2 Å². The Bertz CT molecular complexity index is 806. The summed E-state index contributed by atoms with van der Waals surface area (Å²) < 4.78 is 33.5. The maximum atomic E-state index is 11.1. The van der Waals surface area contributed by atoms with Crippen molar-refractivity contribution in [2.45, 2.75) is 77.6 Å². The average molecular weight is 392 g/mol. The third-order valence-electron chi connectivity index (χ3n) is 8.08. The standard InChI is InChI=1S/C22H33NO3S/c1-3-4-5-16-7-11-21-20-9-6-15-14-17(23-27(24,25)26)8-10-18(15)19(20)12-13-22(16,21)2/h8,10,14,16,19-21,23H,3-7,9,11-13H2,1-2H3,(H,24,25,26)/t16-,19+,20+,21-,22+/m0/s1. The highest BCUT2D eigenvalue weighted by atomic mass is 32.2. The Morgan fingerprint density at radius 1 is 1.22 bits per heavy atom. The first-order valence-corrected chi connectivity index (χ1v) is 12.1. The Morgan fingerprint density at radius 2 is 2.04 bits per heavy atom. The maximum Gasteiger partial charge on any atom is 0.357 e. The van der Waals surface area contributed by atoms with Crippen LogP contribution in [0.3, 0.4) is 0 Å². The summed E-state index contributed by atoms with van der Waals surface area (Å²) in [6, 6.07) is 5.83. The third kappa shape index (κ3) is 3.53. The Balaban J connectivity index is 1.56. The van der Waals surface area contributed by atoms with Crippen molar-refractivity contribution in [3.8, 4) is 0 Å². The fraction of sp³-hybridized carbons (Fsp3) is 0.727. The van der Waals surface area contributed by atoms with Crippen molar-refractivity contribution >= 4 is 16.0 Å². The number of nitrogens with one attached hydrogen (secondary N) is 1. The lowest BCUT2D eigenvalue weighted by molar-refractivity contribution is 0.0253. The van der Waals surface area contributed by atoms with Gasteiger partial charge in [-0.05, 0) is 97.3 Å². The van der Waals surface area contributed by atoms with Gasteiger partial charge in [0.1, 0.15) is 0 Å². The van der Waals surface area contributed by atoms with Crippen molar-refractivity contribution in [2.75, 3.05) is 4.72 Å². The van der Waals surface area contributed by atoms with E-state index in [0.29, 0.717) is 17.0 Å². The van der Waals surface area contributed by atoms with Crippen LogP contribution in [0.5, 0.6) is 0 Å². The van der Waals surface area contributed by atoms with E-state index in [2.05, 4.69) is 24.6 Å². The largest absolute Gasteiger partial charge is 0.357 e. The zero-order valence-corrected chi connectivity index (χ0v) is 17.4. The van der Waals surface area contributed by atoms with Crippen LogP contribution in [0.2, 0.25) is 0 Å². The molecule has 1 aromatic carbocycles. The quantitative estimate of drug-likeness (QED) is 0.645. The molecule has 5 atom stereocenters. The van der Waals surface area contributed by atoms with Crippen molar-refractivity contribution in [1.29, 1.82) is 0 Å². The molecule has 2 fully saturated rings. The van der Waals surface area contributed by atoms with Crippen LogP contribution in [0.1, 0.15) is 82.3 Å². The molecule has 0 heterocycles. The molecule has 0 spiro atoms. The molecule has 5 heteroatoms. The highest BCUT2D eigenvalue weighted by Crippen LogP contribution is 2.63. The van der Waals surface area contributed by atoms with E-state index < -0.39 is 10.3 Å². The smallest absolute Gasteiger partial charge is 0.269 e. The molecule has 0 unspecified atom stereocenters. The highest BCUT2D eigenvalue weighted by Gasteiger charge is 2.54. The Hall–Kier alpha value is -1.07. The summed E-state index contributed by atoms with van der Waals surface area (Å²) in [5.41, 5.74) is 3.68. The molecule has 150 valence electrons. The fourth-order valence-corrected chi connectivity index (χ4v) is 7.25. The summed E-state index contributed by atoms with van der Waals surface area (Å²) in [4.78, 5) is 0. The van der Waals surface area contributed by atoms with Crippen LogP contribution >= 0.6 is 0 Å². The number of anilines is 1. The summed E-state index contributed by atoms with van der Waals surface area (Å²) in [5.74, 6) is 3.16. The van der Waals surface area contributed by atoms with Gasteiger partial charge in [0.2, 0.25) is 0 Å². The Labute approximate surface area is 164 Å². The van der Waals surface area contributed by atoms with Crippen molar-refractivity contribution in [1.82, 2.24) is 0 Å². The zero-order chi connectivity index (χ0) is 19.2. The second kappa shape index (κ2) is 7.07. The lowest BCUT2D eigenvalue weighted by Crippen LogP contribution is -2.42. The number of hydrogen-bond acceptors (Lipinski definition) is 2. The fourth-order valence-electron chi connectivity index (χ4n) is 6.83. The summed E-state index contributed by atoms with van der Waals surface area (Å²) >= 11 is 0. The van der Waals surface area contributed by atoms with Crippen LogP contribution in [0, 0.1) is 23.2 Å². The minimum Gasteiger partial charge on any atom is -0.269 e. The number of aryl methyl sites for hydroxylation is 1. The van der Waals surface area contributed by atoms with Gasteiger partial charge in [0.25, 0.3) is 0 Å². The van der Waals surface area contributed by atoms with Gasteiger partial charge < -0.3 is 0 Å². The lowest BCUT2D eigenvalue weighted by Gasteiger charge is -2.51. The first kappa shape index (κ1) is 19.3. The number of unbranched alkanes of at least 4 members (excludes halogenated alkanes) is 1. The van der Waals surface area contributed by atoms with Crippen molar-refractivity contribution in [3.05, 3.63) is 29.3 Å². The van der Waals surface area contributed by atoms with Gasteiger partial charge in [-0.25, -0.2) is 0 Å². The minimum atomic E-state index is -4.21. The molecule has 0 aromatic heterocycles. The van der Waals surface area contributed by atoms with Crippen molar-refractivity contribution in [3.63, 3.8) is 0 Å². The van der Waals surface area contributed by atoms with E-state index in [1.54, 1.807) is 0 Å². The monoisotopic (exact) mass is 391 g/mol. The van der Waals surface area contributed by atoms with Crippen LogP contribution in [0.25, 0.3) is 0 Å². The molecule has 2 saturated carbocycles. The van der Waals surface area contributed by atoms with E-state index in [-0.39, 0.29) is 0 Å². The Kier molecular flexibility index (Phi) is 5.04. The predicted molar refractivity (Wildman–Crippen MR) is 109 cm³/mol. The molecule has 0 bridgehead atoms. The van der Waals surface area contributed by atoms with Crippen LogP contribution < -0.4 is 4.72 Å². The van der Waals surface area contributed by atoms with E-state index in [9.17, 15) is 8.42 Å². The molecule has 0 amide bonds. The molecule has 1 aromatic rings. The van der Waals surface area contributed by atoms with Crippen molar-refractivity contribution < 1.29 is 13.0 Å². The summed E-state index contributed by atoms with van der Waals surface area (Å²) in [7, 11) is -4.21. The van der Waals surface area contributed by atoms with Gasteiger partial charge in [-0.15, -0.1) is 0 Å². The molecule has 2 N–H and O–H groups in total. The zero-order valence-electron chi connectivity index (χ0n) is 16.6. The molecule has 3 aliphatic rings. The SMILES string of the molecule is CCCC[C@H]1CC[C@H]2[C@@H]3CCc4cc(NS(=O)(=O)O)ccc4[C@H]3CC[C@]12C. The van der Waals surface area contributed by atoms with Crippen LogP contribution in [0.15, 0.2) is 18.2 Å².